The fraction of sp³-hybridized carbons (Fsp3) is 0.750. The van der Waals surface area contributed by atoms with Crippen molar-refractivity contribution >= 4 is 29.8 Å². The Balaban J connectivity index is -0.000000203. The van der Waals surface area contributed by atoms with Gasteiger partial charge in [0.15, 0.2) is 5.96 Å². The third kappa shape index (κ3) is 40.4. The van der Waals surface area contributed by atoms with Gasteiger partial charge < -0.3 is 66.3 Å². The maximum atomic E-state index is 10.2. The van der Waals surface area contributed by atoms with Crippen LogP contribution in [-0.4, -0.2) is 94.6 Å². The van der Waals surface area contributed by atoms with E-state index in [0.717, 1.165) is 25.7 Å². The van der Waals surface area contributed by atoms with Crippen LogP contribution in [0.4, 0.5) is 0 Å². The number of nitrogens with zero attached hydrogens (tertiary/aromatic N) is 1. The van der Waals surface area contributed by atoms with Gasteiger partial charge >= 0.3 is 23.9 Å². The van der Waals surface area contributed by atoms with Crippen molar-refractivity contribution in [1.82, 2.24) is 0 Å². The molecule has 0 aliphatic heterocycles. The molecule has 0 amide bonds. The van der Waals surface area contributed by atoms with E-state index >= 15 is 0 Å². The van der Waals surface area contributed by atoms with Crippen molar-refractivity contribution in [2.24, 2.45) is 50.9 Å². The van der Waals surface area contributed by atoms with Crippen LogP contribution < -0.4 is 45.9 Å². The topological polar surface area (TPSA) is 370 Å². The van der Waals surface area contributed by atoms with Gasteiger partial charge in [0.05, 0.1) is 6.54 Å². The minimum Gasteiger partial charge on any atom is -0.480 e. The second-order valence-electron chi connectivity index (χ2n) is 7.45. The Kier molecular flexibility index (Phi) is 32.3. The highest BCUT2D eigenvalue weighted by atomic mass is 16.4. The van der Waals surface area contributed by atoms with E-state index in [9.17, 15) is 19.2 Å². The summed E-state index contributed by atoms with van der Waals surface area (Å²) < 4.78 is 0. The number of carboxylic acids is 4. The number of aliphatic carboxylic acids is 4. The fourth-order valence-electron chi connectivity index (χ4n) is 1.91. The molecule has 0 aromatic carbocycles. The minimum absolute atomic E-state index is 0.0129. The van der Waals surface area contributed by atoms with Crippen molar-refractivity contribution in [3.63, 3.8) is 0 Å². The zero-order chi connectivity index (χ0) is 29.8. The maximum Gasteiger partial charge on any atom is 0.320 e. The molecule has 0 aromatic heterocycles. The zero-order valence-corrected chi connectivity index (χ0v) is 21.2. The molecule has 37 heavy (non-hydrogen) atoms. The van der Waals surface area contributed by atoms with Gasteiger partial charge in [0.25, 0.3) is 0 Å². The summed E-state index contributed by atoms with van der Waals surface area (Å²) in [4.78, 5) is 43.4. The Labute approximate surface area is 216 Å². The standard InChI is InChI=1S/C6H14N4O2.2C6H14N2O2.C2H5NO2/c7-4(5(11)12)2-1-3-10-6(8)9;2*7-4-2-1-3-5(8)6(9)10;3-1-2(4)5/h4H,1-3,7H2,(H,11,12)(H4,8,9,10);2*5H,1-4,7-8H2,(H,9,10);1,3H2,(H,4,5)/t4-;2*5-;/m000./s1. The first-order valence-electron chi connectivity index (χ1n) is 11.5. The lowest BCUT2D eigenvalue weighted by Crippen LogP contribution is -2.30. The molecular formula is C20H47N9O8. The van der Waals surface area contributed by atoms with E-state index < -0.39 is 42.0 Å². The van der Waals surface area contributed by atoms with Crippen LogP contribution in [0.3, 0.4) is 0 Å². The molecule has 0 bridgehead atoms. The van der Waals surface area contributed by atoms with Gasteiger partial charge in [-0.25, -0.2) is 0 Å². The van der Waals surface area contributed by atoms with E-state index in [1.54, 1.807) is 0 Å². The van der Waals surface area contributed by atoms with Gasteiger partial charge in [-0.1, -0.05) is 12.8 Å². The molecular weight excluding hydrogens is 494 g/mol. The van der Waals surface area contributed by atoms with Crippen LogP contribution in [0.2, 0.25) is 0 Å². The molecule has 0 heterocycles. The van der Waals surface area contributed by atoms with Gasteiger partial charge in [-0.3, -0.25) is 24.2 Å². The molecule has 0 aromatic rings. The van der Waals surface area contributed by atoms with Crippen LogP contribution in [-0.2, 0) is 19.2 Å². The summed E-state index contributed by atoms with van der Waals surface area (Å²) in [5.74, 6) is -3.82. The van der Waals surface area contributed by atoms with Crippen molar-refractivity contribution in [3.8, 4) is 0 Å². The van der Waals surface area contributed by atoms with Crippen LogP contribution in [0.25, 0.3) is 0 Å². The average Bonchev–Trinajstić information content (AvgIpc) is 2.82. The molecule has 17 nitrogen and oxygen atoms in total. The predicted molar refractivity (Wildman–Crippen MR) is 139 cm³/mol. The Morgan fingerprint density at radius 3 is 1.11 bits per heavy atom. The van der Waals surface area contributed by atoms with Gasteiger partial charge in [-0.2, -0.15) is 0 Å². The van der Waals surface area contributed by atoms with Crippen molar-refractivity contribution in [3.05, 3.63) is 0 Å². The molecule has 0 rings (SSSR count). The average molecular weight is 542 g/mol. The lowest BCUT2D eigenvalue weighted by Gasteiger charge is -2.03. The predicted octanol–water partition coefficient (Wildman–Crippen LogP) is -3.46. The van der Waals surface area contributed by atoms with Gasteiger partial charge in [0.2, 0.25) is 0 Å². The van der Waals surface area contributed by atoms with Gasteiger partial charge in [0.1, 0.15) is 18.1 Å². The third-order valence-corrected chi connectivity index (χ3v) is 4.03. The third-order valence-electron chi connectivity index (χ3n) is 4.03. The monoisotopic (exact) mass is 541 g/mol. The van der Waals surface area contributed by atoms with E-state index in [0.29, 0.717) is 45.3 Å². The van der Waals surface area contributed by atoms with Crippen LogP contribution in [0, 0.1) is 0 Å². The molecule has 0 saturated carbocycles. The second kappa shape index (κ2) is 29.1. The quantitative estimate of drug-likeness (QED) is 0.0512. The number of nitrogens with two attached hydrogens (primary N) is 8. The Bertz CT molecular complexity index is 609. The lowest BCUT2D eigenvalue weighted by atomic mass is 10.1. The fourth-order valence-corrected chi connectivity index (χ4v) is 1.91. The Morgan fingerprint density at radius 2 is 0.892 bits per heavy atom. The smallest absolute Gasteiger partial charge is 0.320 e. The van der Waals surface area contributed by atoms with Gasteiger partial charge in [-0.05, 0) is 51.6 Å². The summed E-state index contributed by atoms with van der Waals surface area (Å²) in [6.07, 6.45) is 5.28. The molecule has 0 aliphatic rings. The highest BCUT2D eigenvalue weighted by Gasteiger charge is 2.10. The molecule has 220 valence electrons. The number of unbranched alkanes of at least 4 members (excludes halogenated alkanes) is 2. The lowest BCUT2D eigenvalue weighted by molar-refractivity contribution is -0.139. The summed E-state index contributed by atoms with van der Waals surface area (Å²) in [7, 11) is 0. The number of aliphatic imine (C=N–C) groups is 1. The van der Waals surface area contributed by atoms with Crippen LogP contribution in [0.5, 0.6) is 0 Å². The molecule has 0 fully saturated rings. The first-order valence-corrected chi connectivity index (χ1v) is 11.5. The zero-order valence-electron chi connectivity index (χ0n) is 21.2. The molecule has 3 atom stereocenters. The van der Waals surface area contributed by atoms with Crippen LogP contribution in [0.15, 0.2) is 4.99 Å². The molecule has 0 unspecified atom stereocenters. The molecule has 0 saturated heterocycles. The van der Waals surface area contributed by atoms with Crippen LogP contribution in [0.1, 0.15) is 51.4 Å². The van der Waals surface area contributed by atoms with Crippen LogP contribution >= 0.6 is 0 Å². The number of rotatable bonds is 16. The summed E-state index contributed by atoms with van der Waals surface area (Å²) in [6, 6.07) is -2.25. The van der Waals surface area contributed by atoms with E-state index in [4.69, 9.17) is 60.6 Å². The summed E-state index contributed by atoms with van der Waals surface area (Å²) in [6.45, 7) is 1.35. The number of carbonyl (C=O) groups is 4. The Hall–Kier alpha value is -3.09. The summed E-state index contributed by atoms with van der Waals surface area (Å²) >= 11 is 0. The van der Waals surface area contributed by atoms with Crippen molar-refractivity contribution < 1.29 is 39.6 Å². The molecule has 20 N–H and O–H groups in total. The SMILES string of the molecule is NC(N)=NCCC[C@H](N)C(=O)O.NCC(=O)O.NCCCC[C@H](N)C(=O)O.NCCCC[C@H](N)C(=O)O. The largest absolute Gasteiger partial charge is 0.480 e. The first-order chi connectivity index (χ1) is 17.2. The maximum absolute atomic E-state index is 10.2. The number of hydrogen-bond acceptors (Lipinski definition) is 11. The normalized spacial score (nSPS) is 11.9. The first kappa shape index (κ1) is 41.1. The van der Waals surface area contributed by atoms with Crippen molar-refractivity contribution in [2.75, 3.05) is 26.2 Å². The Morgan fingerprint density at radius 1 is 0.595 bits per heavy atom. The number of carboxylic acid groups (broad SMARTS) is 4. The second-order valence-corrected chi connectivity index (χ2v) is 7.45. The van der Waals surface area contributed by atoms with Crippen molar-refractivity contribution in [2.45, 2.75) is 69.5 Å². The van der Waals surface area contributed by atoms with Crippen molar-refractivity contribution in [1.29, 1.82) is 0 Å². The highest BCUT2D eigenvalue weighted by Crippen LogP contribution is 1.98. The molecule has 17 heteroatoms. The number of hydrogen-bond donors (Lipinski definition) is 12. The summed E-state index contributed by atoms with van der Waals surface area (Å²) in [5.41, 5.74) is 40.7. The summed E-state index contributed by atoms with van der Waals surface area (Å²) in [5, 5.41) is 32.6. The molecule has 0 aliphatic carbocycles. The minimum atomic E-state index is -1.00. The number of guanidine groups is 1. The van der Waals surface area contributed by atoms with E-state index in [2.05, 4.69) is 10.7 Å². The van der Waals surface area contributed by atoms with E-state index in [1.807, 2.05) is 0 Å². The van der Waals surface area contributed by atoms with E-state index in [-0.39, 0.29) is 12.5 Å². The molecule has 0 radical (unpaired) electrons. The highest BCUT2D eigenvalue weighted by molar-refractivity contribution is 5.75. The van der Waals surface area contributed by atoms with E-state index in [1.165, 1.54) is 0 Å². The van der Waals surface area contributed by atoms with Gasteiger partial charge in [0, 0.05) is 6.54 Å². The van der Waals surface area contributed by atoms with Gasteiger partial charge in [-0.15, -0.1) is 0 Å². The molecule has 0 spiro atoms.